The Bertz CT molecular complexity index is 1440. The molecule has 0 radical (unpaired) electrons. The van der Waals surface area contributed by atoms with Crippen LogP contribution in [0.5, 0.6) is 5.75 Å². The van der Waals surface area contributed by atoms with Crippen LogP contribution in [0.1, 0.15) is 32.9 Å². The molecule has 1 amide bonds. The van der Waals surface area contributed by atoms with E-state index in [1.54, 1.807) is 44.2 Å². The molecule has 174 valence electrons. The van der Waals surface area contributed by atoms with Gasteiger partial charge in [0.05, 0.1) is 11.3 Å². The minimum Gasteiger partial charge on any atom is -0.484 e. The van der Waals surface area contributed by atoms with Crippen molar-refractivity contribution in [1.82, 2.24) is 9.56 Å². The summed E-state index contributed by atoms with van der Waals surface area (Å²) in [6.45, 7) is 4.99. The molecule has 9 heteroatoms. The Morgan fingerprint density at radius 1 is 1.06 bits per heavy atom. The number of carbonyl (C=O) groups excluding carboxylic acids is 2. The quantitative estimate of drug-likeness (QED) is 0.419. The SMILES string of the molecule is Cc1cccc(OCC(=O)Nc2cccc(C(=O)OCc3cc(=O)n4oc(C)cc4n3)c2C)c1. The highest BCUT2D eigenvalue weighted by atomic mass is 16.5. The summed E-state index contributed by atoms with van der Waals surface area (Å²) in [6, 6.07) is 15.2. The van der Waals surface area contributed by atoms with Gasteiger partial charge >= 0.3 is 5.97 Å². The molecule has 0 atom stereocenters. The van der Waals surface area contributed by atoms with Crippen LogP contribution in [0.2, 0.25) is 0 Å². The zero-order chi connectivity index (χ0) is 24.2. The van der Waals surface area contributed by atoms with Crippen LogP contribution in [0.4, 0.5) is 5.69 Å². The number of esters is 1. The summed E-state index contributed by atoms with van der Waals surface area (Å²) in [6.07, 6.45) is 0. The molecule has 0 saturated carbocycles. The van der Waals surface area contributed by atoms with Crippen LogP contribution in [0.25, 0.3) is 5.65 Å². The Morgan fingerprint density at radius 2 is 1.85 bits per heavy atom. The van der Waals surface area contributed by atoms with Crippen LogP contribution in [0, 0.1) is 20.8 Å². The summed E-state index contributed by atoms with van der Waals surface area (Å²) in [5, 5.41) is 2.76. The van der Waals surface area contributed by atoms with Crippen molar-refractivity contribution in [2.75, 3.05) is 11.9 Å². The Balaban J connectivity index is 1.40. The molecule has 0 spiro atoms. The largest absolute Gasteiger partial charge is 0.484 e. The second-order valence-electron chi connectivity index (χ2n) is 7.79. The van der Waals surface area contributed by atoms with Crippen molar-refractivity contribution in [3.63, 3.8) is 0 Å². The molecule has 2 heterocycles. The van der Waals surface area contributed by atoms with Crippen LogP contribution in [0.15, 0.2) is 63.9 Å². The third-order valence-electron chi connectivity index (χ3n) is 5.06. The number of aromatic nitrogens is 2. The van der Waals surface area contributed by atoms with Gasteiger partial charge in [0.2, 0.25) is 0 Å². The number of nitrogens with one attached hydrogen (secondary N) is 1. The molecule has 2 aromatic carbocycles. The number of benzene rings is 2. The van der Waals surface area contributed by atoms with Crippen LogP contribution in [-0.4, -0.2) is 28.0 Å². The van der Waals surface area contributed by atoms with E-state index in [1.807, 2.05) is 25.1 Å². The topological polar surface area (TPSA) is 112 Å². The molecule has 0 bridgehead atoms. The fourth-order valence-corrected chi connectivity index (χ4v) is 3.40. The van der Waals surface area contributed by atoms with E-state index in [-0.39, 0.29) is 24.7 Å². The third-order valence-corrected chi connectivity index (χ3v) is 5.06. The number of ether oxygens (including phenoxy) is 2. The molecule has 0 aliphatic carbocycles. The summed E-state index contributed by atoms with van der Waals surface area (Å²) in [7, 11) is 0. The van der Waals surface area contributed by atoms with E-state index in [0.717, 1.165) is 10.1 Å². The summed E-state index contributed by atoms with van der Waals surface area (Å²) in [5.41, 5.74) is 2.57. The molecule has 0 aliphatic heterocycles. The van der Waals surface area contributed by atoms with E-state index < -0.39 is 11.5 Å². The number of nitrogens with zero attached hydrogens (tertiary/aromatic N) is 2. The lowest BCUT2D eigenvalue weighted by Gasteiger charge is -2.13. The molecule has 4 rings (SSSR count). The Hall–Kier alpha value is -4.40. The monoisotopic (exact) mass is 461 g/mol. The maximum Gasteiger partial charge on any atom is 0.338 e. The second-order valence-corrected chi connectivity index (χ2v) is 7.79. The Morgan fingerprint density at radius 3 is 2.65 bits per heavy atom. The minimum absolute atomic E-state index is 0.172. The van der Waals surface area contributed by atoms with Gasteiger partial charge in [0, 0.05) is 17.8 Å². The highest BCUT2D eigenvalue weighted by Crippen LogP contribution is 2.20. The Kier molecular flexibility index (Phi) is 6.44. The number of amides is 1. The smallest absolute Gasteiger partial charge is 0.338 e. The summed E-state index contributed by atoms with van der Waals surface area (Å²) in [5.74, 6) is 0.178. The normalized spacial score (nSPS) is 10.8. The molecule has 0 aliphatic rings. The van der Waals surface area contributed by atoms with E-state index in [1.165, 1.54) is 6.07 Å². The van der Waals surface area contributed by atoms with E-state index in [9.17, 15) is 14.4 Å². The Labute approximate surface area is 194 Å². The molecule has 0 saturated heterocycles. The van der Waals surface area contributed by atoms with Gasteiger partial charge in [-0.05, 0) is 56.2 Å². The molecular weight excluding hydrogens is 438 g/mol. The van der Waals surface area contributed by atoms with Gasteiger partial charge in [-0.3, -0.25) is 9.59 Å². The van der Waals surface area contributed by atoms with E-state index in [4.69, 9.17) is 14.0 Å². The average Bonchev–Trinajstić information content (AvgIpc) is 3.18. The number of fused-ring (bicyclic) bond motifs is 1. The first-order valence-corrected chi connectivity index (χ1v) is 10.6. The fourth-order valence-electron chi connectivity index (χ4n) is 3.40. The number of aryl methyl sites for hydroxylation is 2. The van der Waals surface area contributed by atoms with E-state index in [0.29, 0.717) is 34.1 Å². The predicted octanol–water partition coefficient (Wildman–Crippen LogP) is 3.59. The minimum atomic E-state index is -0.602. The van der Waals surface area contributed by atoms with Crippen molar-refractivity contribution in [1.29, 1.82) is 0 Å². The van der Waals surface area contributed by atoms with Gasteiger partial charge in [0.1, 0.15) is 18.1 Å². The number of rotatable bonds is 7. The highest BCUT2D eigenvalue weighted by molar-refractivity contribution is 5.97. The number of hydrogen-bond acceptors (Lipinski definition) is 7. The maximum absolute atomic E-state index is 12.7. The standard InChI is InChI=1S/C25H23N3O6/c1-15-6-4-7-19(10-15)32-14-23(29)27-21-9-5-8-20(17(21)3)25(31)33-13-18-12-24(30)28-22(26-18)11-16(2)34-28/h4-12H,13-14H2,1-3H3,(H,27,29). The predicted molar refractivity (Wildman–Crippen MR) is 124 cm³/mol. The number of hydrogen-bond donors (Lipinski definition) is 1. The van der Waals surface area contributed by atoms with Gasteiger partial charge in [0.25, 0.3) is 11.5 Å². The van der Waals surface area contributed by atoms with Gasteiger partial charge in [-0.2, -0.15) is 0 Å². The molecule has 1 N–H and O–H groups in total. The second kappa shape index (κ2) is 9.62. The number of anilines is 1. The lowest BCUT2D eigenvalue weighted by atomic mass is 10.1. The molecule has 9 nitrogen and oxygen atoms in total. The summed E-state index contributed by atoms with van der Waals surface area (Å²) in [4.78, 5) is 41.4. The molecular formula is C25H23N3O6. The van der Waals surface area contributed by atoms with Crippen LogP contribution < -0.4 is 15.6 Å². The number of carbonyl (C=O) groups is 2. The first-order chi connectivity index (χ1) is 16.3. The highest BCUT2D eigenvalue weighted by Gasteiger charge is 2.16. The van der Waals surface area contributed by atoms with Crippen molar-refractivity contribution in [3.05, 3.63) is 93.1 Å². The average molecular weight is 461 g/mol. The van der Waals surface area contributed by atoms with Crippen LogP contribution in [0.3, 0.4) is 0 Å². The fraction of sp³-hybridized carbons (Fsp3) is 0.200. The molecule has 0 fully saturated rings. The lowest BCUT2D eigenvalue weighted by Crippen LogP contribution is -2.21. The van der Waals surface area contributed by atoms with Crippen molar-refractivity contribution in [2.24, 2.45) is 0 Å². The van der Waals surface area contributed by atoms with Crippen molar-refractivity contribution in [3.8, 4) is 5.75 Å². The first kappa shape index (κ1) is 22.8. The molecule has 0 unspecified atom stereocenters. The maximum atomic E-state index is 12.7. The van der Waals surface area contributed by atoms with Crippen LogP contribution in [-0.2, 0) is 16.1 Å². The lowest BCUT2D eigenvalue weighted by molar-refractivity contribution is -0.118. The van der Waals surface area contributed by atoms with Gasteiger partial charge < -0.3 is 19.3 Å². The zero-order valence-electron chi connectivity index (χ0n) is 19.0. The van der Waals surface area contributed by atoms with Crippen molar-refractivity contribution < 1.29 is 23.6 Å². The van der Waals surface area contributed by atoms with Gasteiger partial charge in [0.15, 0.2) is 12.3 Å². The molecule has 34 heavy (non-hydrogen) atoms. The zero-order valence-corrected chi connectivity index (χ0v) is 19.0. The molecule has 4 aromatic rings. The first-order valence-electron chi connectivity index (χ1n) is 10.6. The van der Waals surface area contributed by atoms with Gasteiger partial charge in [-0.15, -0.1) is 4.57 Å². The summed E-state index contributed by atoms with van der Waals surface area (Å²) < 4.78 is 17.2. The van der Waals surface area contributed by atoms with Crippen LogP contribution >= 0.6 is 0 Å². The van der Waals surface area contributed by atoms with E-state index in [2.05, 4.69) is 10.3 Å². The van der Waals surface area contributed by atoms with Crippen molar-refractivity contribution in [2.45, 2.75) is 27.4 Å². The van der Waals surface area contributed by atoms with Crippen molar-refractivity contribution >= 4 is 23.2 Å². The molecule has 2 aromatic heterocycles. The third kappa shape index (κ3) is 5.15. The van der Waals surface area contributed by atoms with Gasteiger partial charge in [-0.25, -0.2) is 9.78 Å². The van der Waals surface area contributed by atoms with Gasteiger partial charge in [-0.1, -0.05) is 18.2 Å². The summed E-state index contributed by atoms with van der Waals surface area (Å²) >= 11 is 0. The van der Waals surface area contributed by atoms with E-state index >= 15 is 0 Å².